The summed E-state index contributed by atoms with van der Waals surface area (Å²) in [5.74, 6) is 0.286. The van der Waals surface area contributed by atoms with Crippen LogP contribution in [0.5, 0.6) is 0 Å². The molecule has 5 heteroatoms. The van der Waals surface area contributed by atoms with Gasteiger partial charge in [-0.3, -0.25) is 9.59 Å². The van der Waals surface area contributed by atoms with Gasteiger partial charge in [0.05, 0.1) is 0 Å². The Balaban J connectivity index is 1.62. The molecule has 5 rings (SSSR count). The summed E-state index contributed by atoms with van der Waals surface area (Å²) in [6.45, 7) is 4.94. The highest BCUT2D eigenvalue weighted by molar-refractivity contribution is 5.99. The van der Waals surface area contributed by atoms with Crippen molar-refractivity contribution in [3.05, 3.63) is 41.5 Å². The van der Waals surface area contributed by atoms with E-state index < -0.39 is 0 Å². The molecule has 0 bridgehead atoms. The number of rotatable bonds is 2. The Morgan fingerprint density at radius 3 is 2.85 bits per heavy atom. The van der Waals surface area contributed by atoms with Gasteiger partial charge in [-0.15, -0.1) is 0 Å². The number of fused-ring (bicyclic) bond motifs is 6. The molecule has 0 aliphatic carbocycles. The Labute approximate surface area is 154 Å². The molecule has 1 aromatic rings. The number of nitrogens with one attached hydrogen (secondary N) is 1. The van der Waals surface area contributed by atoms with E-state index >= 15 is 0 Å². The largest absolute Gasteiger partial charge is 0.364 e. The van der Waals surface area contributed by atoms with Crippen LogP contribution in [0.4, 0.5) is 5.69 Å². The van der Waals surface area contributed by atoms with Gasteiger partial charge in [-0.05, 0) is 51.2 Å². The molecule has 4 aliphatic rings. The molecule has 0 radical (unpaired) electrons. The van der Waals surface area contributed by atoms with E-state index in [0.717, 1.165) is 31.5 Å². The fourth-order valence-electron chi connectivity index (χ4n) is 5.49. The van der Waals surface area contributed by atoms with Crippen molar-refractivity contribution in [1.29, 1.82) is 0 Å². The lowest BCUT2D eigenvalue weighted by Crippen LogP contribution is -2.63. The molecule has 1 aromatic carbocycles. The molecule has 0 aromatic heterocycles. The second-order valence-corrected chi connectivity index (χ2v) is 8.39. The summed E-state index contributed by atoms with van der Waals surface area (Å²) in [4.78, 5) is 30.2. The van der Waals surface area contributed by atoms with Crippen LogP contribution in [0, 0.1) is 0 Å². The zero-order valence-corrected chi connectivity index (χ0v) is 15.4. The van der Waals surface area contributed by atoms with Gasteiger partial charge in [0.1, 0.15) is 18.2 Å². The summed E-state index contributed by atoms with van der Waals surface area (Å²) in [6, 6.07) is 7.77. The smallest absolute Gasteiger partial charge is 0.247 e. The van der Waals surface area contributed by atoms with Gasteiger partial charge in [0, 0.05) is 17.6 Å². The molecule has 4 aliphatic heterocycles. The summed E-state index contributed by atoms with van der Waals surface area (Å²) in [5.41, 5.74) is 3.40. The van der Waals surface area contributed by atoms with Gasteiger partial charge < -0.3 is 15.1 Å². The first-order valence-corrected chi connectivity index (χ1v) is 9.65. The van der Waals surface area contributed by atoms with Crippen LogP contribution in [0.15, 0.2) is 35.9 Å². The summed E-state index contributed by atoms with van der Waals surface area (Å²) >= 11 is 0. The second kappa shape index (κ2) is 5.35. The average Bonchev–Trinajstić information content (AvgIpc) is 3.29. The summed E-state index contributed by atoms with van der Waals surface area (Å²) in [6.07, 6.45) is 5.42. The van der Waals surface area contributed by atoms with E-state index in [0.29, 0.717) is 6.42 Å². The number of hydrogen-bond donors (Lipinski definition) is 1. The van der Waals surface area contributed by atoms with Crippen molar-refractivity contribution in [3.8, 4) is 0 Å². The Morgan fingerprint density at radius 2 is 2.04 bits per heavy atom. The maximum absolute atomic E-state index is 13.3. The number of nitrogens with zero attached hydrogens (tertiary/aromatic N) is 2. The average molecular weight is 351 g/mol. The lowest BCUT2D eigenvalue weighted by atomic mass is 9.75. The van der Waals surface area contributed by atoms with Crippen LogP contribution in [0.25, 0.3) is 0 Å². The van der Waals surface area contributed by atoms with Gasteiger partial charge in [0.2, 0.25) is 11.8 Å². The number of piperazine rings is 1. The quantitative estimate of drug-likeness (QED) is 0.834. The number of carbonyl (C=O) groups excluding carboxylic acids is 2. The molecule has 0 unspecified atom stereocenters. The number of anilines is 1. The first kappa shape index (κ1) is 15.9. The van der Waals surface area contributed by atoms with Crippen molar-refractivity contribution >= 4 is 17.5 Å². The highest BCUT2D eigenvalue weighted by Crippen LogP contribution is 2.55. The summed E-state index contributed by atoms with van der Waals surface area (Å²) in [5, 5.41) is 3.60. The maximum Gasteiger partial charge on any atom is 0.247 e. The van der Waals surface area contributed by atoms with Gasteiger partial charge in [0.25, 0.3) is 0 Å². The fourth-order valence-corrected chi connectivity index (χ4v) is 5.49. The predicted molar refractivity (Wildman–Crippen MR) is 99.6 cm³/mol. The highest BCUT2D eigenvalue weighted by Gasteiger charge is 2.64. The van der Waals surface area contributed by atoms with Gasteiger partial charge in [0.15, 0.2) is 0 Å². The lowest BCUT2D eigenvalue weighted by molar-refractivity contribution is -0.158. The molecule has 26 heavy (non-hydrogen) atoms. The van der Waals surface area contributed by atoms with E-state index in [1.165, 1.54) is 11.1 Å². The molecule has 3 fully saturated rings. The standard InChI is InChI=1S/C21H25N3O2/c1-13(2)9-10-21-12-17-18(25)23-11-5-8-16(23)19(26)24(17)20(21)22-15-7-4-3-6-14(15)21/h3-4,6-7,9,16-17,20,22H,5,8,10-12H2,1-2H3/t16-,17+,20+,21+/m0/s1. The second-order valence-electron chi connectivity index (χ2n) is 8.39. The van der Waals surface area contributed by atoms with Crippen LogP contribution in [-0.4, -0.2) is 46.4 Å². The fraction of sp³-hybridized carbons (Fsp3) is 0.524. The minimum Gasteiger partial charge on any atom is -0.364 e. The van der Waals surface area contributed by atoms with Gasteiger partial charge >= 0.3 is 0 Å². The Kier molecular flexibility index (Phi) is 3.27. The number of amides is 2. The van der Waals surface area contributed by atoms with Crippen LogP contribution in [0.3, 0.4) is 0 Å². The van der Waals surface area contributed by atoms with Crippen LogP contribution in [-0.2, 0) is 15.0 Å². The predicted octanol–water partition coefficient (Wildman–Crippen LogP) is 2.64. The molecule has 2 amide bonds. The van der Waals surface area contributed by atoms with E-state index in [1.54, 1.807) is 0 Å². The maximum atomic E-state index is 13.3. The monoisotopic (exact) mass is 351 g/mol. The minimum absolute atomic E-state index is 0.125. The van der Waals surface area contributed by atoms with E-state index in [2.05, 4.69) is 43.4 Å². The van der Waals surface area contributed by atoms with Gasteiger partial charge in [-0.25, -0.2) is 0 Å². The Bertz CT molecular complexity index is 828. The van der Waals surface area contributed by atoms with Crippen LogP contribution in [0.2, 0.25) is 0 Å². The topological polar surface area (TPSA) is 52.7 Å². The molecule has 136 valence electrons. The van der Waals surface area contributed by atoms with E-state index in [9.17, 15) is 9.59 Å². The van der Waals surface area contributed by atoms with E-state index in [-0.39, 0.29) is 35.5 Å². The van der Waals surface area contributed by atoms with Crippen molar-refractivity contribution in [2.75, 3.05) is 11.9 Å². The van der Waals surface area contributed by atoms with Crippen LogP contribution >= 0.6 is 0 Å². The molecule has 4 atom stereocenters. The first-order chi connectivity index (χ1) is 12.5. The minimum atomic E-state index is -0.326. The summed E-state index contributed by atoms with van der Waals surface area (Å²) < 4.78 is 0. The molecule has 0 saturated carbocycles. The third kappa shape index (κ3) is 1.91. The molecular formula is C21H25N3O2. The third-order valence-electron chi connectivity index (χ3n) is 6.69. The van der Waals surface area contributed by atoms with E-state index in [1.807, 2.05) is 15.9 Å². The molecular weight excluding hydrogens is 326 g/mol. The van der Waals surface area contributed by atoms with Crippen molar-refractivity contribution in [3.63, 3.8) is 0 Å². The Morgan fingerprint density at radius 1 is 1.23 bits per heavy atom. The Hall–Kier alpha value is -2.30. The number of benzene rings is 1. The number of allylic oxidation sites excluding steroid dienone is 2. The van der Waals surface area contributed by atoms with Crippen LogP contribution in [0.1, 0.15) is 45.1 Å². The number of carbonyl (C=O) groups is 2. The zero-order chi connectivity index (χ0) is 18.1. The van der Waals surface area contributed by atoms with Crippen molar-refractivity contribution in [2.24, 2.45) is 0 Å². The van der Waals surface area contributed by atoms with Gasteiger partial charge in [-0.1, -0.05) is 29.8 Å². The first-order valence-electron chi connectivity index (χ1n) is 9.65. The molecule has 0 spiro atoms. The SMILES string of the molecule is CC(C)=CC[C@]12C[C@@H]3C(=O)N4CCC[C@H]4C(=O)N3[C@H]1Nc1ccccc12. The molecule has 3 saturated heterocycles. The molecule has 1 N–H and O–H groups in total. The summed E-state index contributed by atoms with van der Waals surface area (Å²) in [7, 11) is 0. The van der Waals surface area contributed by atoms with Gasteiger partial charge in [-0.2, -0.15) is 0 Å². The molecule has 5 nitrogen and oxygen atoms in total. The number of para-hydroxylation sites is 1. The third-order valence-corrected chi connectivity index (χ3v) is 6.69. The van der Waals surface area contributed by atoms with Crippen molar-refractivity contribution in [1.82, 2.24) is 9.80 Å². The highest BCUT2D eigenvalue weighted by atomic mass is 16.2. The van der Waals surface area contributed by atoms with Crippen molar-refractivity contribution < 1.29 is 9.59 Å². The lowest BCUT2D eigenvalue weighted by Gasteiger charge is -2.41. The number of hydrogen-bond acceptors (Lipinski definition) is 3. The normalized spacial score (nSPS) is 34.2. The van der Waals surface area contributed by atoms with Crippen LogP contribution < -0.4 is 5.32 Å². The zero-order valence-electron chi connectivity index (χ0n) is 15.4. The van der Waals surface area contributed by atoms with E-state index in [4.69, 9.17) is 0 Å². The molecule has 4 heterocycles. The van der Waals surface area contributed by atoms with Crippen molar-refractivity contribution in [2.45, 2.75) is 63.2 Å².